The standard InChI is InChI=1S/C44H86O22/c1-43(2)44(46)66-42-41-65-40-39-64-38-37-63-36-35-62-34-33-61-32-31-60-30-29-59-28-27-58-26-25-57-24-23-56-22-21-55-20-19-54-18-17-53-16-15-52-14-13-51-12-11-50-10-9-49-8-7-48-6-5-47-4-3-45/h45H,1,3-42H2,2H3. The van der Waals surface area contributed by atoms with Crippen LogP contribution in [0.25, 0.3) is 0 Å². The number of rotatable bonds is 60. The van der Waals surface area contributed by atoms with Gasteiger partial charge in [-0.1, -0.05) is 6.58 Å². The van der Waals surface area contributed by atoms with Gasteiger partial charge in [-0.15, -0.1) is 0 Å². The maximum absolute atomic E-state index is 11.2. The number of hydrogen-bond acceptors (Lipinski definition) is 22. The molecule has 0 bridgehead atoms. The van der Waals surface area contributed by atoms with Crippen molar-refractivity contribution in [3.05, 3.63) is 12.2 Å². The molecule has 66 heavy (non-hydrogen) atoms. The van der Waals surface area contributed by atoms with E-state index >= 15 is 0 Å². The Labute approximate surface area is 393 Å². The molecule has 0 aliphatic rings. The highest BCUT2D eigenvalue weighted by Gasteiger charge is 2.02. The van der Waals surface area contributed by atoms with E-state index in [-0.39, 0.29) is 13.2 Å². The summed E-state index contributed by atoms with van der Waals surface area (Å²) >= 11 is 0. The van der Waals surface area contributed by atoms with E-state index in [1.807, 2.05) is 0 Å². The lowest BCUT2D eigenvalue weighted by molar-refractivity contribution is -0.140. The Kier molecular flexibility index (Phi) is 58.1. The fourth-order valence-corrected chi connectivity index (χ4v) is 4.44. The molecule has 0 unspecified atom stereocenters. The van der Waals surface area contributed by atoms with Gasteiger partial charge in [0, 0.05) is 5.57 Å². The zero-order valence-electron chi connectivity index (χ0n) is 40.0. The van der Waals surface area contributed by atoms with Gasteiger partial charge in [0.15, 0.2) is 0 Å². The van der Waals surface area contributed by atoms with E-state index in [0.29, 0.717) is 257 Å². The summed E-state index contributed by atoms with van der Waals surface area (Å²) in [6.45, 7) is 23.3. The molecule has 0 radical (unpaired) electrons. The largest absolute Gasteiger partial charge is 0.460 e. The third kappa shape index (κ3) is 58.5. The van der Waals surface area contributed by atoms with E-state index in [1.165, 1.54) is 0 Å². The van der Waals surface area contributed by atoms with Gasteiger partial charge in [-0.25, -0.2) is 4.79 Å². The number of aliphatic hydroxyl groups excluding tert-OH is 1. The highest BCUT2D eigenvalue weighted by Crippen LogP contribution is 1.93. The summed E-state index contributed by atoms with van der Waals surface area (Å²) in [6, 6.07) is 0. The van der Waals surface area contributed by atoms with Gasteiger partial charge in [-0.3, -0.25) is 0 Å². The molecule has 0 heterocycles. The molecule has 22 heteroatoms. The summed E-state index contributed by atoms with van der Waals surface area (Å²) in [6.07, 6.45) is 0. The van der Waals surface area contributed by atoms with Crippen molar-refractivity contribution in [3.63, 3.8) is 0 Å². The Morgan fingerprint density at radius 3 is 0.500 bits per heavy atom. The van der Waals surface area contributed by atoms with E-state index in [0.717, 1.165) is 0 Å². The zero-order valence-corrected chi connectivity index (χ0v) is 40.0. The first-order valence-corrected chi connectivity index (χ1v) is 23.1. The number of carbonyl (C=O) groups excluding carboxylic acids is 1. The Morgan fingerprint density at radius 2 is 0.379 bits per heavy atom. The van der Waals surface area contributed by atoms with E-state index in [1.54, 1.807) is 6.92 Å². The Balaban J connectivity index is 3.08. The van der Waals surface area contributed by atoms with E-state index in [2.05, 4.69) is 6.58 Å². The van der Waals surface area contributed by atoms with Crippen molar-refractivity contribution in [2.75, 3.05) is 264 Å². The van der Waals surface area contributed by atoms with E-state index in [4.69, 9.17) is 99.8 Å². The molecule has 0 spiro atoms. The van der Waals surface area contributed by atoms with E-state index in [9.17, 15) is 4.79 Å². The van der Waals surface area contributed by atoms with E-state index < -0.39 is 5.97 Å². The lowest BCUT2D eigenvalue weighted by Gasteiger charge is -2.09. The Bertz CT molecular complexity index is 941. The predicted octanol–water partition coefficient (Wildman–Crippen LogP) is 0.413. The molecule has 0 rings (SSSR count). The first kappa shape index (κ1) is 64.4. The third-order valence-electron chi connectivity index (χ3n) is 7.74. The molecule has 22 nitrogen and oxygen atoms in total. The second kappa shape index (κ2) is 59.5. The van der Waals surface area contributed by atoms with Crippen molar-refractivity contribution in [3.8, 4) is 0 Å². The molecule has 1 N–H and O–H groups in total. The maximum Gasteiger partial charge on any atom is 0.333 e. The Hall–Kier alpha value is -1.59. The fraction of sp³-hybridized carbons (Fsp3) is 0.932. The number of aliphatic hydroxyl groups is 1. The van der Waals surface area contributed by atoms with Crippen LogP contribution in [0, 0.1) is 0 Å². The van der Waals surface area contributed by atoms with Crippen LogP contribution in [0.4, 0.5) is 0 Å². The number of esters is 1. The molecule has 394 valence electrons. The monoisotopic (exact) mass is 967 g/mol. The molecule has 0 saturated heterocycles. The van der Waals surface area contributed by atoms with Crippen LogP contribution in [0.15, 0.2) is 12.2 Å². The smallest absolute Gasteiger partial charge is 0.333 e. The highest BCUT2D eigenvalue weighted by molar-refractivity contribution is 5.86. The number of carbonyl (C=O) groups is 1. The topological polar surface area (TPSA) is 222 Å². The molecule has 0 aliphatic heterocycles. The van der Waals surface area contributed by atoms with Gasteiger partial charge in [0.05, 0.1) is 258 Å². The molecule has 0 fully saturated rings. The van der Waals surface area contributed by atoms with Crippen molar-refractivity contribution in [2.45, 2.75) is 6.92 Å². The van der Waals surface area contributed by atoms with Gasteiger partial charge in [-0.2, -0.15) is 0 Å². The average molecular weight is 967 g/mol. The lowest BCUT2D eigenvalue weighted by Crippen LogP contribution is -2.16. The normalized spacial score (nSPS) is 11.5. The summed E-state index contributed by atoms with van der Waals surface area (Å²) in [5.74, 6) is -0.418. The van der Waals surface area contributed by atoms with Crippen LogP contribution in [0.5, 0.6) is 0 Å². The number of ether oxygens (including phenoxy) is 20. The summed E-state index contributed by atoms with van der Waals surface area (Å²) < 4.78 is 108. The minimum absolute atomic E-state index is 0.0183. The molecular formula is C44H86O22. The van der Waals surface area contributed by atoms with Gasteiger partial charge in [0.25, 0.3) is 0 Å². The molecular weight excluding hydrogens is 880 g/mol. The number of hydrogen-bond donors (Lipinski definition) is 1. The van der Waals surface area contributed by atoms with Crippen molar-refractivity contribution in [1.29, 1.82) is 0 Å². The summed E-state index contributed by atoms with van der Waals surface area (Å²) in [5, 5.41) is 8.60. The zero-order chi connectivity index (χ0) is 47.6. The molecule has 0 atom stereocenters. The maximum atomic E-state index is 11.2. The minimum Gasteiger partial charge on any atom is -0.460 e. The first-order valence-electron chi connectivity index (χ1n) is 23.1. The molecule has 0 aliphatic carbocycles. The quantitative estimate of drug-likeness (QED) is 0.0496. The van der Waals surface area contributed by atoms with Gasteiger partial charge in [0.2, 0.25) is 0 Å². The summed E-state index contributed by atoms with van der Waals surface area (Å²) in [7, 11) is 0. The van der Waals surface area contributed by atoms with Gasteiger partial charge in [-0.05, 0) is 6.92 Å². The fourth-order valence-electron chi connectivity index (χ4n) is 4.44. The SMILES string of the molecule is C=C(C)C(=O)OCCOCCOCCOCCOCCOCCOCCOCCOCCOCCOCCOCCOCCOCCOCCOCCOCCOCCOCCOCCO. The van der Waals surface area contributed by atoms with Crippen molar-refractivity contribution >= 4 is 5.97 Å². The van der Waals surface area contributed by atoms with Crippen molar-refractivity contribution in [1.82, 2.24) is 0 Å². The second-order valence-corrected chi connectivity index (χ2v) is 13.3. The summed E-state index contributed by atoms with van der Waals surface area (Å²) in [4.78, 5) is 11.2. The lowest BCUT2D eigenvalue weighted by atomic mass is 10.4. The van der Waals surface area contributed by atoms with Crippen LogP contribution < -0.4 is 0 Å². The van der Waals surface area contributed by atoms with Crippen molar-refractivity contribution in [2.24, 2.45) is 0 Å². The predicted molar refractivity (Wildman–Crippen MR) is 238 cm³/mol. The van der Waals surface area contributed by atoms with Crippen molar-refractivity contribution < 1.29 is 105 Å². The molecule has 0 aromatic rings. The van der Waals surface area contributed by atoms with Gasteiger partial charge >= 0.3 is 5.97 Å². The summed E-state index contributed by atoms with van der Waals surface area (Å²) in [5.41, 5.74) is 0.365. The van der Waals surface area contributed by atoms with Crippen LogP contribution >= 0.6 is 0 Å². The van der Waals surface area contributed by atoms with Crippen LogP contribution in [0.3, 0.4) is 0 Å². The highest BCUT2D eigenvalue weighted by atomic mass is 16.6. The second-order valence-electron chi connectivity index (χ2n) is 13.3. The molecule has 0 amide bonds. The van der Waals surface area contributed by atoms with Crippen LogP contribution in [-0.4, -0.2) is 275 Å². The molecule has 0 aromatic carbocycles. The van der Waals surface area contributed by atoms with Crippen LogP contribution in [-0.2, 0) is 99.5 Å². The first-order chi connectivity index (χ1) is 32.7. The third-order valence-corrected chi connectivity index (χ3v) is 7.74. The Morgan fingerprint density at radius 1 is 0.258 bits per heavy atom. The minimum atomic E-state index is -0.418. The molecule has 0 aromatic heterocycles. The average Bonchev–Trinajstić information content (AvgIpc) is 3.32. The van der Waals surface area contributed by atoms with Crippen LogP contribution in [0.1, 0.15) is 6.92 Å². The van der Waals surface area contributed by atoms with Gasteiger partial charge in [0.1, 0.15) is 6.61 Å². The molecule has 0 saturated carbocycles. The van der Waals surface area contributed by atoms with Crippen LogP contribution in [0.2, 0.25) is 0 Å². The van der Waals surface area contributed by atoms with Gasteiger partial charge < -0.3 is 99.8 Å².